The zero-order chi connectivity index (χ0) is 11.1. The van der Waals surface area contributed by atoms with E-state index in [2.05, 4.69) is 27.2 Å². The van der Waals surface area contributed by atoms with Crippen LogP contribution in [0.3, 0.4) is 0 Å². The molecule has 0 spiro atoms. The number of fused-ring (bicyclic) bond motifs is 1. The smallest absolute Gasteiger partial charge is 0.166 e. The zero-order valence-electron chi connectivity index (χ0n) is 9.05. The van der Waals surface area contributed by atoms with Gasteiger partial charge in [0, 0.05) is 0 Å². The van der Waals surface area contributed by atoms with Gasteiger partial charge >= 0.3 is 0 Å². The average Bonchev–Trinajstić information content (AvgIpc) is 2.59. The number of nitrogens with zero attached hydrogens (tertiary/aromatic N) is 4. The Morgan fingerprint density at radius 3 is 3.06 bits per heavy atom. The van der Waals surface area contributed by atoms with Crippen molar-refractivity contribution in [1.29, 1.82) is 0 Å². The van der Waals surface area contributed by atoms with E-state index in [9.17, 15) is 0 Å². The molecule has 0 saturated heterocycles. The van der Waals surface area contributed by atoms with Gasteiger partial charge in [0.2, 0.25) is 0 Å². The molecular weight excluding hydrogens is 222 g/mol. The van der Waals surface area contributed by atoms with Crippen molar-refractivity contribution in [1.82, 2.24) is 25.0 Å². The largest absolute Gasteiger partial charge is 0.329 e. The molecule has 1 unspecified atom stereocenters. The predicted octanol–water partition coefficient (Wildman–Crippen LogP) is 2.24. The highest BCUT2D eigenvalue weighted by Gasteiger charge is 2.27. The maximum absolute atomic E-state index is 5.11. The topological polar surface area (TPSA) is 59.4 Å². The predicted molar refractivity (Wildman–Crippen MR) is 62.6 cm³/mol. The van der Waals surface area contributed by atoms with Crippen LogP contribution in [0, 0.1) is 10.6 Å². The molecule has 2 heterocycles. The fourth-order valence-corrected chi connectivity index (χ4v) is 2.38. The van der Waals surface area contributed by atoms with E-state index in [0.29, 0.717) is 16.2 Å². The molecule has 1 fully saturated rings. The molecule has 0 radical (unpaired) electrons. The summed E-state index contributed by atoms with van der Waals surface area (Å²) >= 11 is 5.11. The van der Waals surface area contributed by atoms with Gasteiger partial charge in [-0.3, -0.25) is 0 Å². The normalized spacial score (nSPS) is 18.6. The summed E-state index contributed by atoms with van der Waals surface area (Å²) in [6.07, 6.45) is 5.51. The lowest BCUT2D eigenvalue weighted by atomic mass is 9.80. The Kier molecular flexibility index (Phi) is 2.24. The van der Waals surface area contributed by atoms with E-state index in [1.165, 1.54) is 19.3 Å². The van der Waals surface area contributed by atoms with Crippen molar-refractivity contribution < 1.29 is 0 Å². The minimum Gasteiger partial charge on any atom is -0.329 e. The van der Waals surface area contributed by atoms with Crippen LogP contribution in [-0.4, -0.2) is 25.0 Å². The van der Waals surface area contributed by atoms with Crippen molar-refractivity contribution in [3.63, 3.8) is 0 Å². The van der Waals surface area contributed by atoms with Gasteiger partial charge in [-0.25, -0.2) is 9.67 Å². The second-order valence-electron chi connectivity index (χ2n) is 4.37. The number of nitrogens with one attached hydrogen (secondary N) is 1. The standard InChI is InChI=1S/C10H13N5S/c1-6(7-3-2-4-7)15-9-8(13-14-15)10(16)12-5-11-9/h5-7H,2-4H2,1H3,(H,11,12,16). The van der Waals surface area contributed by atoms with Crippen molar-refractivity contribution in [2.24, 2.45) is 5.92 Å². The average molecular weight is 235 g/mol. The second kappa shape index (κ2) is 3.62. The summed E-state index contributed by atoms with van der Waals surface area (Å²) in [5.74, 6) is 0.722. The zero-order valence-corrected chi connectivity index (χ0v) is 9.87. The molecule has 3 rings (SSSR count). The number of hydrogen-bond donors (Lipinski definition) is 1. The number of rotatable bonds is 2. The molecule has 0 aliphatic heterocycles. The number of aromatic nitrogens is 5. The van der Waals surface area contributed by atoms with Crippen LogP contribution in [0.2, 0.25) is 0 Å². The molecule has 0 bridgehead atoms. The van der Waals surface area contributed by atoms with Crippen LogP contribution in [-0.2, 0) is 0 Å². The number of H-pyrrole nitrogens is 1. The van der Waals surface area contributed by atoms with Crippen molar-refractivity contribution in [3.8, 4) is 0 Å². The molecule has 5 nitrogen and oxygen atoms in total. The molecule has 2 aromatic heterocycles. The van der Waals surface area contributed by atoms with Gasteiger partial charge in [-0.15, -0.1) is 5.10 Å². The first-order valence-electron chi connectivity index (χ1n) is 5.56. The highest BCUT2D eigenvalue weighted by Crippen LogP contribution is 2.36. The first kappa shape index (κ1) is 9.89. The lowest BCUT2D eigenvalue weighted by Gasteiger charge is -2.31. The summed E-state index contributed by atoms with van der Waals surface area (Å²) in [5, 5.41) is 8.28. The number of hydrogen-bond acceptors (Lipinski definition) is 4. The summed E-state index contributed by atoms with van der Waals surface area (Å²) in [4.78, 5) is 7.09. The van der Waals surface area contributed by atoms with Crippen molar-refractivity contribution in [2.45, 2.75) is 32.2 Å². The van der Waals surface area contributed by atoms with Crippen LogP contribution in [0.4, 0.5) is 0 Å². The minimum absolute atomic E-state index is 0.381. The third-order valence-corrected chi connectivity index (χ3v) is 3.80. The first-order valence-corrected chi connectivity index (χ1v) is 5.97. The van der Waals surface area contributed by atoms with E-state index in [0.717, 1.165) is 11.6 Å². The Bertz CT molecular complexity index is 568. The third kappa shape index (κ3) is 1.36. The first-order chi connectivity index (χ1) is 7.77. The van der Waals surface area contributed by atoms with Crippen LogP contribution in [0.25, 0.3) is 11.2 Å². The summed E-state index contributed by atoms with van der Waals surface area (Å²) in [7, 11) is 0. The van der Waals surface area contributed by atoms with Crippen molar-refractivity contribution in [3.05, 3.63) is 11.0 Å². The highest BCUT2D eigenvalue weighted by molar-refractivity contribution is 7.71. The van der Waals surface area contributed by atoms with Crippen LogP contribution >= 0.6 is 12.2 Å². The molecule has 0 amide bonds. The molecule has 84 valence electrons. The molecule has 1 N–H and O–H groups in total. The summed E-state index contributed by atoms with van der Waals surface area (Å²) < 4.78 is 2.46. The van der Waals surface area contributed by atoms with Gasteiger partial charge in [-0.1, -0.05) is 23.9 Å². The van der Waals surface area contributed by atoms with Gasteiger partial charge in [0.1, 0.15) is 0 Å². The van der Waals surface area contributed by atoms with Crippen molar-refractivity contribution >= 4 is 23.4 Å². The Balaban J connectivity index is 2.10. The molecule has 2 aromatic rings. The third-order valence-electron chi connectivity index (χ3n) is 3.50. The fourth-order valence-electron chi connectivity index (χ4n) is 2.19. The molecule has 1 atom stereocenters. The quantitative estimate of drug-likeness (QED) is 0.811. The van der Waals surface area contributed by atoms with E-state index in [4.69, 9.17) is 12.2 Å². The van der Waals surface area contributed by atoms with Crippen molar-refractivity contribution in [2.75, 3.05) is 0 Å². The summed E-state index contributed by atoms with van der Waals surface area (Å²) in [5.41, 5.74) is 1.59. The Hall–Kier alpha value is -1.30. The maximum atomic E-state index is 5.11. The van der Waals surface area contributed by atoms with Crippen LogP contribution in [0.15, 0.2) is 6.33 Å². The van der Waals surface area contributed by atoms with E-state index in [1.807, 2.05) is 4.68 Å². The molecule has 16 heavy (non-hydrogen) atoms. The molecule has 1 aliphatic carbocycles. The maximum Gasteiger partial charge on any atom is 0.166 e. The monoisotopic (exact) mass is 235 g/mol. The molecule has 6 heteroatoms. The summed E-state index contributed by atoms with van der Waals surface area (Å²) in [6.45, 7) is 2.19. The van der Waals surface area contributed by atoms with E-state index in [1.54, 1.807) is 6.33 Å². The summed E-state index contributed by atoms with van der Waals surface area (Å²) in [6, 6.07) is 0.381. The van der Waals surface area contributed by atoms with Gasteiger partial charge in [-0.2, -0.15) is 0 Å². The van der Waals surface area contributed by atoms with E-state index < -0.39 is 0 Å². The lowest BCUT2D eigenvalue weighted by Crippen LogP contribution is -2.23. The number of aromatic amines is 1. The van der Waals surface area contributed by atoms with Gasteiger partial charge in [-0.05, 0) is 25.7 Å². The second-order valence-corrected chi connectivity index (χ2v) is 4.76. The molecule has 0 aromatic carbocycles. The Morgan fingerprint density at radius 1 is 1.56 bits per heavy atom. The molecule has 1 aliphatic rings. The lowest BCUT2D eigenvalue weighted by molar-refractivity contribution is 0.212. The van der Waals surface area contributed by atoms with Gasteiger partial charge in [0.25, 0.3) is 0 Å². The Labute approximate surface area is 97.9 Å². The van der Waals surface area contributed by atoms with Gasteiger partial charge < -0.3 is 4.98 Å². The minimum atomic E-state index is 0.381. The highest BCUT2D eigenvalue weighted by atomic mass is 32.1. The molecule has 1 saturated carbocycles. The SMILES string of the molecule is CC(C1CCC1)n1nnc2c(=S)nc[nH]c21. The van der Waals surface area contributed by atoms with Gasteiger partial charge in [0.15, 0.2) is 15.8 Å². The van der Waals surface area contributed by atoms with Gasteiger partial charge in [0.05, 0.1) is 12.4 Å². The van der Waals surface area contributed by atoms with Crippen LogP contribution in [0.5, 0.6) is 0 Å². The van der Waals surface area contributed by atoms with E-state index >= 15 is 0 Å². The van der Waals surface area contributed by atoms with Crippen LogP contribution < -0.4 is 0 Å². The van der Waals surface area contributed by atoms with Crippen LogP contribution in [0.1, 0.15) is 32.2 Å². The Morgan fingerprint density at radius 2 is 2.38 bits per heavy atom. The fraction of sp³-hybridized carbons (Fsp3) is 0.600. The van der Waals surface area contributed by atoms with E-state index in [-0.39, 0.29) is 0 Å². The molecular formula is C10H13N5S.